The number of nitrogens with zero attached hydrogens (tertiary/aromatic N) is 1. The largest absolute Gasteiger partial charge is 0.347 e. The summed E-state index contributed by atoms with van der Waals surface area (Å²) < 4.78 is 2.32. The fourth-order valence-corrected chi connectivity index (χ4v) is 2.52. The normalized spacial score (nSPS) is 11.0. The molecule has 0 saturated carbocycles. The van der Waals surface area contributed by atoms with E-state index >= 15 is 0 Å². The number of fused-ring (bicyclic) bond motifs is 1. The lowest BCUT2D eigenvalue weighted by molar-refractivity contribution is 0.798. The summed E-state index contributed by atoms with van der Waals surface area (Å²) >= 11 is 0. The lowest BCUT2D eigenvalue weighted by Gasteiger charge is -2.00. The first kappa shape index (κ1) is 11.1. The van der Waals surface area contributed by atoms with Crippen LogP contribution in [0.4, 0.5) is 0 Å². The Morgan fingerprint density at radius 2 is 1.78 bits per heavy atom. The minimum atomic E-state index is 1.01. The number of hydrogen-bond acceptors (Lipinski definition) is 0. The smallest absolute Gasteiger partial charge is 0.0486 e. The van der Waals surface area contributed by atoms with Gasteiger partial charge in [0.15, 0.2) is 0 Å². The van der Waals surface area contributed by atoms with E-state index in [2.05, 4.69) is 73.1 Å². The van der Waals surface area contributed by atoms with Crippen LogP contribution in [0.15, 0.2) is 54.7 Å². The Hall–Kier alpha value is -2.02. The first-order valence-corrected chi connectivity index (χ1v) is 6.44. The van der Waals surface area contributed by atoms with E-state index in [0.29, 0.717) is 0 Å². The second kappa shape index (κ2) is 4.34. The van der Waals surface area contributed by atoms with Crippen LogP contribution in [0.25, 0.3) is 22.0 Å². The predicted octanol–water partition coefficient (Wildman–Crippen LogP) is 4.64. The second-order valence-electron chi connectivity index (χ2n) is 4.72. The van der Waals surface area contributed by atoms with Crippen molar-refractivity contribution in [2.45, 2.75) is 20.4 Å². The maximum Gasteiger partial charge on any atom is 0.0486 e. The molecule has 3 aromatic rings. The molecular weight excluding hydrogens is 218 g/mol. The molecule has 0 aliphatic rings. The van der Waals surface area contributed by atoms with Gasteiger partial charge in [-0.15, -0.1) is 0 Å². The van der Waals surface area contributed by atoms with E-state index in [1.165, 1.54) is 27.6 Å². The topological polar surface area (TPSA) is 4.93 Å². The molecule has 1 heterocycles. The van der Waals surface area contributed by atoms with Crippen molar-refractivity contribution >= 4 is 10.9 Å². The minimum absolute atomic E-state index is 1.01. The highest BCUT2D eigenvalue weighted by Crippen LogP contribution is 2.31. The molecule has 0 radical (unpaired) electrons. The number of aryl methyl sites for hydroxylation is 2. The van der Waals surface area contributed by atoms with E-state index < -0.39 is 0 Å². The van der Waals surface area contributed by atoms with Crippen LogP contribution in [0, 0.1) is 6.92 Å². The van der Waals surface area contributed by atoms with Crippen molar-refractivity contribution in [2.75, 3.05) is 0 Å². The second-order valence-corrected chi connectivity index (χ2v) is 4.72. The first-order valence-electron chi connectivity index (χ1n) is 6.44. The number of hydrogen-bond donors (Lipinski definition) is 0. The Labute approximate surface area is 108 Å². The molecule has 1 nitrogen and oxygen atoms in total. The van der Waals surface area contributed by atoms with E-state index in [1.807, 2.05) is 0 Å². The summed E-state index contributed by atoms with van der Waals surface area (Å²) in [5.41, 5.74) is 5.26. The summed E-state index contributed by atoms with van der Waals surface area (Å²) in [6.45, 7) is 5.35. The van der Waals surface area contributed by atoms with Crippen LogP contribution in [-0.2, 0) is 6.54 Å². The van der Waals surface area contributed by atoms with Crippen LogP contribution >= 0.6 is 0 Å². The molecule has 0 aliphatic carbocycles. The molecule has 1 aromatic heterocycles. The van der Waals surface area contributed by atoms with Gasteiger partial charge in [0.2, 0.25) is 0 Å². The van der Waals surface area contributed by atoms with E-state index in [1.54, 1.807) is 0 Å². The molecule has 3 rings (SSSR count). The highest BCUT2D eigenvalue weighted by molar-refractivity contribution is 5.96. The van der Waals surface area contributed by atoms with E-state index in [-0.39, 0.29) is 0 Å². The maximum atomic E-state index is 2.32. The summed E-state index contributed by atoms with van der Waals surface area (Å²) in [7, 11) is 0. The molecule has 0 bridgehead atoms. The molecule has 1 heteroatoms. The van der Waals surface area contributed by atoms with Gasteiger partial charge in [0.25, 0.3) is 0 Å². The van der Waals surface area contributed by atoms with Gasteiger partial charge in [-0.25, -0.2) is 0 Å². The summed E-state index contributed by atoms with van der Waals surface area (Å²) in [6, 6.07) is 17.3. The molecule has 0 spiro atoms. The molecule has 2 aromatic carbocycles. The van der Waals surface area contributed by atoms with Crippen LogP contribution in [0.2, 0.25) is 0 Å². The number of rotatable bonds is 2. The Morgan fingerprint density at radius 1 is 1.00 bits per heavy atom. The van der Waals surface area contributed by atoms with Gasteiger partial charge in [0.05, 0.1) is 0 Å². The third-order valence-corrected chi connectivity index (χ3v) is 3.46. The zero-order chi connectivity index (χ0) is 12.5. The van der Waals surface area contributed by atoms with Crippen LogP contribution in [-0.4, -0.2) is 4.57 Å². The summed E-state index contributed by atoms with van der Waals surface area (Å²) in [5.74, 6) is 0. The van der Waals surface area contributed by atoms with Gasteiger partial charge in [-0.3, -0.25) is 0 Å². The van der Waals surface area contributed by atoms with Gasteiger partial charge >= 0.3 is 0 Å². The SMILES string of the molecule is CCn1cc(-c2ccccc2)c2cc(C)ccc21. The fraction of sp³-hybridized carbons (Fsp3) is 0.176. The van der Waals surface area contributed by atoms with Crippen molar-refractivity contribution in [3.05, 3.63) is 60.3 Å². The number of benzene rings is 2. The van der Waals surface area contributed by atoms with Crippen molar-refractivity contribution in [3.63, 3.8) is 0 Å². The molecule has 18 heavy (non-hydrogen) atoms. The summed E-state index contributed by atoms with van der Waals surface area (Å²) in [6.07, 6.45) is 2.26. The van der Waals surface area contributed by atoms with Crippen LogP contribution in [0.1, 0.15) is 12.5 Å². The first-order chi connectivity index (χ1) is 8.79. The zero-order valence-electron chi connectivity index (χ0n) is 10.9. The standard InChI is InChI=1S/C17H17N/c1-3-18-12-16(14-7-5-4-6-8-14)15-11-13(2)9-10-17(15)18/h4-12H,3H2,1-2H3. The molecular formula is C17H17N. The Morgan fingerprint density at radius 3 is 2.50 bits per heavy atom. The van der Waals surface area contributed by atoms with Gasteiger partial charge in [-0.2, -0.15) is 0 Å². The van der Waals surface area contributed by atoms with E-state index in [9.17, 15) is 0 Å². The van der Waals surface area contributed by atoms with Crippen molar-refractivity contribution in [2.24, 2.45) is 0 Å². The Kier molecular flexibility index (Phi) is 2.67. The Bertz CT molecular complexity index is 677. The van der Waals surface area contributed by atoms with Gasteiger partial charge < -0.3 is 4.57 Å². The van der Waals surface area contributed by atoms with Crippen LogP contribution in [0.5, 0.6) is 0 Å². The van der Waals surface area contributed by atoms with Gasteiger partial charge in [-0.05, 0) is 31.5 Å². The lowest BCUT2D eigenvalue weighted by atomic mass is 10.0. The molecule has 0 N–H and O–H groups in total. The quantitative estimate of drug-likeness (QED) is 0.610. The molecule has 0 aliphatic heterocycles. The lowest BCUT2D eigenvalue weighted by Crippen LogP contribution is -1.89. The summed E-state index contributed by atoms with van der Waals surface area (Å²) in [4.78, 5) is 0. The van der Waals surface area contributed by atoms with Crippen molar-refractivity contribution in [1.29, 1.82) is 0 Å². The van der Waals surface area contributed by atoms with Crippen molar-refractivity contribution < 1.29 is 0 Å². The summed E-state index contributed by atoms with van der Waals surface area (Å²) in [5, 5.41) is 1.35. The molecule has 0 saturated heterocycles. The molecule has 0 amide bonds. The van der Waals surface area contributed by atoms with Crippen molar-refractivity contribution in [1.82, 2.24) is 4.57 Å². The van der Waals surface area contributed by atoms with E-state index in [4.69, 9.17) is 0 Å². The minimum Gasteiger partial charge on any atom is -0.347 e. The third kappa shape index (κ3) is 1.72. The molecule has 0 fully saturated rings. The third-order valence-electron chi connectivity index (χ3n) is 3.46. The molecule has 90 valence electrons. The van der Waals surface area contributed by atoms with Crippen LogP contribution < -0.4 is 0 Å². The zero-order valence-corrected chi connectivity index (χ0v) is 10.9. The van der Waals surface area contributed by atoms with E-state index in [0.717, 1.165) is 6.54 Å². The number of aromatic nitrogens is 1. The van der Waals surface area contributed by atoms with Gasteiger partial charge in [0.1, 0.15) is 0 Å². The average Bonchev–Trinajstić information content (AvgIpc) is 2.77. The molecule has 0 atom stereocenters. The Balaban J connectivity index is 2.32. The molecule has 0 unspecified atom stereocenters. The van der Waals surface area contributed by atoms with Gasteiger partial charge in [-0.1, -0.05) is 42.0 Å². The highest BCUT2D eigenvalue weighted by Gasteiger charge is 2.09. The van der Waals surface area contributed by atoms with Crippen LogP contribution in [0.3, 0.4) is 0 Å². The fourth-order valence-electron chi connectivity index (χ4n) is 2.52. The van der Waals surface area contributed by atoms with Gasteiger partial charge in [0, 0.05) is 29.2 Å². The highest BCUT2D eigenvalue weighted by atomic mass is 14.9. The van der Waals surface area contributed by atoms with Crippen molar-refractivity contribution in [3.8, 4) is 11.1 Å². The predicted molar refractivity (Wildman–Crippen MR) is 77.8 cm³/mol. The maximum absolute atomic E-state index is 2.32. The monoisotopic (exact) mass is 235 g/mol. The average molecular weight is 235 g/mol.